The van der Waals surface area contributed by atoms with Gasteiger partial charge >= 0.3 is 0 Å². The van der Waals surface area contributed by atoms with Crippen LogP contribution in [0.1, 0.15) is 18.9 Å². The van der Waals surface area contributed by atoms with Crippen molar-refractivity contribution in [3.8, 4) is 17.2 Å². The van der Waals surface area contributed by atoms with E-state index in [-0.39, 0.29) is 0 Å². The first-order valence-electron chi connectivity index (χ1n) is 5.46. The van der Waals surface area contributed by atoms with E-state index in [1.54, 1.807) is 0 Å². The Morgan fingerprint density at radius 3 is 2.93 bits per heavy atom. The third kappa shape index (κ3) is 1.92. The Bertz CT molecular complexity index is 383. The molecule has 0 aromatic heterocycles. The van der Waals surface area contributed by atoms with Gasteiger partial charge in [0.05, 0.1) is 6.61 Å². The van der Waals surface area contributed by atoms with E-state index in [2.05, 4.69) is 13.0 Å². The maximum absolute atomic E-state index is 5.72. The topological polar surface area (TPSA) is 34.3 Å². The molecule has 0 amide bonds. The highest BCUT2D eigenvalue weighted by Gasteiger charge is 2.26. The van der Waals surface area contributed by atoms with Gasteiger partial charge in [-0.25, -0.2) is 0 Å². The van der Waals surface area contributed by atoms with Crippen LogP contribution in [0.5, 0.6) is 17.2 Å². The molecule has 1 aromatic rings. The predicted octanol–water partition coefficient (Wildman–Crippen LogP) is 2.52. The monoisotopic (exact) mass is 206 g/mol. The van der Waals surface area contributed by atoms with Crippen molar-refractivity contribution in [2.45, 2.75) is 25.9 Å². The minimum Gasteiger partial charge on any atom is -0.490 e. The third-order valence-electron chi connectivity index (χ3n) is 2.65. The molecular weight excluding hydrogens is 192 g/mol. The van der Waals surface area contributed by atoms with Gasteiger partial charge in [-0.3, -0.25) is 0 Å². The zero-order valence-electron chi connectivity index (χ0n) is 8.79. The predicted molar refractivity (Wildman–Crippen MR) is 55.7 cm³/mol. The molecule has 1 unspecified atom stereocenters. The lowest BCUT2D eigenvalue weighted by Gasteiger charge is -2.07. The number of ether oxygens (including phenoxy) is 3. The molecule has 0 N–H and O–H groups in total. The van der Waals surface area contributed by atoms with E-state index in [9.17, 15) is 0 Å². The fraction of sp³-hybridized carbons (Fsp3) is 0.500. The second-order valence-electron chi connectivity index (χ2n) is 4.03. The number of aryl methyl sites for hydroxylation is 1. The van der Waals surface area contributed by atoms with Crippen LogP contribution in [0.15, 0.2) is 12.1 Å². The molecule has 1 saturated heterocycles. The minimum absolute atomic E-state index is 0.310. The van der Waals surface area contributed by atoms with Crippen molar-refractivity contribution in [1.29, 1.82) is 0 Å². The summed E-state index contributed by atoms with van der Waals surface area (Å²) < 4.78 is 16.1. The van der Waals surface area contributed by atoms with Crippen LogP contribution in [0.2, 0.25) is 0 Å². The summed E-state index contributed by atoms with van der Waals surface area (Å²) in [6.07, 6.45) is 2.47. The normalized spacial score (nSPS) is 20.5. The van der Waals surface area contributed by atoms with E-state index in [1.807, 2.05) is 6.07 Å². The van der Waals surface area contributed by atoms with Gasteiger partial charge < -0.3 is 14.2 Å². The largest absolute Gasteiger partial charge is 0.490 e. The Hall–Kier alpha value is -1.22. The first-order valence-corrected chi connectivity index (χ1v) is 5.46. The van der Waals surface area contributed by atoms with Gasteiger partial charge in [-0.1, -0.05) is 13.3 Å². The lowest BCUT2D eigenvalue weighted by atomic mass is 10.1. The second-order valence-corrected chi connectivity index (χ2v) is 4.03. The molecule has 1 fully saturated rings. The van der Waals surface area contributed by atoms with Crippen molar-refractivity contribution in [2.24, 2.45) is 0 Å². The third-order valence-corrected chi connectivity index (χ3v) is 2.65. The van der Waals surface area contributed by atoms with Crippen molar-refractivity contribution in [2.75, 3.05) is 13.2 Å². The molecule has 3 rings (SSSR count). The summed E-state index contributed by atoms with van der Waals surface area (Å²) in [6, 6.07) is 4.07. The van der Waals surface area contributed by atoms with Crippen LogP contribution in [0.25, 0.3) is 0 Å². The molecule has 80 valence electrons. The second kappa shape index (κ2) is 3.42. The van der Waals surface area contributed by atoms with E-state index in [0.29, 0.717) is 12.7 Å². The van der Waals surface area contributed by atoms with Crippen LogP contribution in [0, 0.1) is 0 Å². The lowest BCUT2D eigenvalue weighted by Crippen LogP contribution is -2.05. The van der Waals surface area contributed by atoms with Crippen molar-refractivity contribution in [1.82, 2.24) is 0 Å². The Kier molecular flexibility index (Phi) is 2.06. The average Bonchev–Trinajstić information content (AvgIpc) is 3.10. The van der Waals surface area contributed by atoms with E-state index in [4.69, 9.17) is 14.2 Å². The van der Waals surface area contributed by atoms with Gasteiger partial charge in [0.1, 0.15) is 18.5 Å². The van der Waals surface area contributed by atoms with Crippen molar-refractivity contribution < 1.29 is 14.2 Å². The number of rotatable bonds is 5. The molecular formula is C12H14O3. The number of fused-ring (bicyclic) bond motifs is 1. The quantitative estimate of drug-likeness (QED) is 0.705. The Balaban J connectivity index is 1.75. The molecule has 3 heteroatoms. The molecule has 0 saturated carbocycles. The van der Waals surface area contributed by atoms with Crippen LogP contribution >= 0.6 is 0 Å². The van der Waals surface area contributed by atoms with Crippen molar-refractivity contribution in [3.63, 3.8) is 0 Å². The lowest BCUT2D eigenvalue weighted by molar-refractivity contribution is 0.261. The number of hydrogen-bond acceptors (Lipinski definition) is 3. The molecule has 0 bridgehead atoms. The summed E-state index contributed by atoms with van der Waals surface area (Å²) in [7, 11) is 0. The Morgan fingerprint density at radius 2 is 2.20 bits per heavy atom. The molecule has 0 aliphatic carbocycles. The number of benzene rings is 1. The van der Waals surface area contributed by atoms with Gasteiger partial charge in [0.15, 0.2) is 11.5 Å². The van der Waals surface area contributed by atoms with Gasteiger partial charge in [0.2, 0.25) is 0 Å². The van der Waals surface area contributed by atoms with Gasteiger partial charge in [-0.15, -0.1) is 0 Å². The van der Waals surface area contributed by atoms with Crippen molar-refractivity contribution in [3.05, 3.63) is 17.7 Å². The fourth-order valence-electron chi connectivity index (χ4n) is 1.68. The molecule has 15 heavy (non-hydrogen) atoms. The smallest absolute Gasteiger partial charge is 0.173 e. The van der Waals surface area contributed by atoms with E-state index >= 15 is 0 Å². The Labute approximate surface area is 89.0 Å². The first-order chi connectivity index (χ1) is 7.36. The van der Waals surface area contributed by atoms with E-state index in [0.717, 1.165) is 36.7 Å². The highest BCUT2D eigenvalue weighted by Crippen LogP contribution is 2.49. The SMILES string of the molecule is CCCc1cc2c(cc1OCC1CO1)O2. The van der Waals surface area contributed by atoms with Crippen LogP contribution in [0.3, 0.4) is 0 Å². The molecule has 0 radical (unpaired) electrons. The van der Waals surface area contributed by atoms with Crippen LogP contribution in [-0.4, -0.2) is 19.3 Å². The maximum atomic E-state index is 5.72. The minimum atomic E-state index is 0.310. The molecule has 1 atom stereocenters. The Morgan fingerprint density at radius 1 is 1.40 bits per heavy atom. The number of epoxide rings is 1. The highest BCUT2D eigenvalue weighted by atomic mass is 16.6. The summed E-state index contributed by atoms with van der Waals surface area (Å²) >= 11 is 0. The van der Waals surface area contributed by atoms with Gasteiger partial charge in [0, 0.05) is 6.07 Å². The summed E-state index contributed by atoms with van der Waals surface area (Å²) in [4.78, 5) is 0. The average molecular weight is 206 g/mol. The molecule has 3 nitrogen and oxygen atoms in total. The summed E-state index contributed by atoms with van der Waals surface area (Å²) in [5.74, 6) is 2.93. The van der Waals surface area contributed by atoms with Crippen LogP contribution in [0.4, 0.5) is 0 Å². The van der Waals surface area contributed by atoms with Crippen LogP contribution in [-0.2, 0) is 11.2 Å². The van der Waals surface area contributed by atoms with Crippen molar-refractivity contribution >= 4 is 0 Å². The number of hydrogen-bond donors (Lipinski definition) is 0. The van der Waals surface area contributed by atoms with Gasteiger partial charge in [-0.05, 0) is 18.1 Å². The summed E-state index contributed by atoms with van der Waals surface area (Å²) in [6.45, 7) is 3.67. The fourth-order valence-corrected chi connectivity index (χ4v) is 1.68. The zero-order chi connectivity index (χ0) is 10.3. The standard InChI is InChI=1S/C12H14O3/c1-2-3-8-4-11-12(15-11)5-10(8)14-7-9-6-13-9/h4-5,9H,2-3,6-7H2,1H3. The summed E-state index contributed by atoms with van der Waals surface area (Å²) in [5.41, 5.74) is 1.24. The van der Waals surface area contributed by atoms with E-state index in [1.165, 1.54) is 5.56 Å². The first kappa shape index (κ1) is 9.04. The molecule has 2 aliphatic heterocycles. The molecule has 2 aliphatic rings. The summed E-state index contributed by atoms with van der Waals surface area (Å²) in [5, 5.41) is 0. The van der Waals surface area contributed by atoms with Gasteiger partial charge in [0.25, 0.3) is 0 Å². The van der Waals surface area contributed by atoms with E-state index < -0.39 is 0 Å². The molecule has 2 heterocycles. The molecule has 0 spiro atoms. The zero-order valence-corrected chi connectivity index (χ0v) is 8.79. The van der Waals surface area contributed by atoms with Crippen LogP contribution < -0.4 is 9.47 Å². The highest BCUT2D eigenvalue weighted by molar-refractivity contribution is 5.60. The van der Waals surface area contributed by atoms with Gasteiger partial charge in [-0.2, -0.15) is 0 Å². The molecule has 1 aromatic carbocycles. The maximum Gasteiger partial charge on any atom is 0.173 e.